The molecule has 0 saturated heterocycles. The first kappa shape index (κ1) is 17.6. The van der Waals surface area contributed by atoms with Crippen molar-refractivity contribution in [1.82, 2.24) is 10.3 Å². The maximum atomic E-state index is 13.4. The van der Waals surface area contributed by atoms with E-state index in [9.17, 15) is 9.18 Å². The summed E-state index contributed by atoms with van der Waals surface area (Å²) in [7, 11) is 1.59. The van der Waals surface area contributed by atoms with E-state index in [4.69, 9.17) is 4.42 Å². The van der Waals surface area contributed by atoms with E-state index in [1.807, 2.05) is 36.4 Å². The number of halogens is 1. The third kappa shape index (κ3) is 2.81. The molecule has 1 N–H and O–H groups in total. The lowest BCUT2D eigenvalue weighted by atomic mass is 9.97. The van der Waals surface area contributed by atoms with Crippen molar-refractivity contribution in [3.8, 4) is 22.5 Å². The van der Waals surface area contributed by atoms with Crippen LogP contribution in [0.15, 0.2) is 71.3 Å². The molecule has 0 atom stereocenters. The number of carbonyl (C=O) groups is 1. The minimum Gasteiger partial charge on any atom is -0.459 e. The fourth-order valence-electron chi connectivity index (χ4n) is 3.97. The number of aromatic nitrogens is 1. The van der Waals surface area contributed by atoms with Crippen LogP contribution in [0.1, 0.15) is 34.7 Å². The normalized spacial score (nSPS) is 14.7. The maximum Gasteiger partial charge on any atom is 0.255 e. The van der Waals surface area contributed by atoms with Gasteiger partial charge in [-0.1, -0.05) is 18.2 Å². The lowest BCUT2D eigenvalue weighted by molar-refractivity contribution is 0.0963. The fourth-order valence-corrected chi connectivity index (χ4v) is 3.97. The van der Waals surface area contributed by atoms with Gasteiger partial charge in [-0.15, -0.1) is 0 Å². The van der Waals surface area contributed by atoms with Crippen LogP contribution in [0.3, 0.4) is 0 Å². The molecule has 0 spiro atoms. The number of nitrogens with zero attached hydrogens (tertiary/aromatic N) is 1. The van der Waals surface area contributed by atoms with Gasteiger partial charge in [0.15, 0.2) is 0 Å². The third-order valence-electron chi connectivity index (χ3n) is 5.67. The molecule has 1 aliphatic heterocycles. The van der Waals surface area contributed by atoms with Gasteiger partial charge in [0, 0.05) is 18.8 Å². The van der Waals surface area contributed by atoms with Gasteiger partial charge < -0.3 is 9.73 Å². The number of amides is 1. The molecule has 1 aromatic heterocycles. The Kier molecular flexibility index (Phi) is 3.98. The van der Waals surface area contributed by atoms with Crippen molar-refractivity contribution in [2.45, 2.75) is 18.3 Å². The zero-order valence-corrected chi connectivity index (χ0v) is 15.9. The first-order valence-corrected chi connectivity index (χ1v) is 9.59. The highest BCUT2D eigenvalue weighted by Crippen LogP contribution is 2.54. The molecule has 144 valence electrons. The minimum atomic E-state index is -0.315. The van der Waals surface area contributed by atoms with Crippen LogP contribution in [0.2, 0.25) is 0 Å². The molecule has 1 aromatic carbocycles. The van der Waals surface area contributed by atoms with E-state index >= 15 is 0 Å². The summed E-state index contributed by atoms with van der Waals surface area (Å²) in [6, 6.07) is 17.9. The summed E-state index contributed by atoms with van der Waals surface area (Å²) in [5.41, 5.74) is 3.54. The molecule has 5 heteroatoms. The van der Waals surface area contributed by atoms with Gasteiger partial charge in [0.25, 0.3) is 5.91 Å². The number of nitrogens with one attached hydrogen (secondary N) is 1. The van der Waals surface area contributed by atoms with E-state index in [1.54, 1.807) is 25.4 Å². The van der Waals surface area contributed by atoms with Crippen molar-refractivity contribution in [3.05, 3.63) is 89.7 Å². The van der Waals surface area contributed by atoms with Gasteiger partial charge in [-0.2, -0.15) is 0 Å². The molecule has 1 amide bonds. The van der Waals surface area contributed by atoms with Gasteiger partial charge in [0.05, 0.1) is 16.7 Å². The number of fused-ring (bicyclic) bond motifs is 1. The lowest BCUT2D eigenvalue weighted by Gasteiger charge is -2.15. The van der Waals surface area contributed by atoms with Crippen LogP contribution in [0.5, 0.6) is 0 Å². The average molecular weight is 386 g/mol. The molecule has 5 rings (SSSR count). The minimum absolute atomic E-state index is 0.233. The van der Waals surface area contributed by atoms with Gasteiger partial charge in [0.2, 0.25) is 0 Å². The van der Waals surface area contributed by atoms with E-state index in [0.29, 0.717) is 11.3 Å². The van der Waals surface area contributed by atoms with Crippen LogP contribution in [-0.4, -0.2) is 17.9 Å². The zero-order chi connectivity index (χ0) is 20.0. The van der Waals surface area contributed by atoms with E-state index in [2.05, 4.69) is 10.3 Å². The maximum absolute atomic E-state index is 13.4. The molecule has 29 heavy (non-hydrogen) atoms. The predicted octanol–water partition coefficient (Wildman–Crippen LogP) is 5.03. The van der Waals surface area contributed by atoms with Gasteiger partial charge >= 0.3 is 0 Å². The summed E-state index contributed by atoms with van der Waals surface area (Å²) in [6.07, 6.45) is 3.71. The molecular weight excluding hydrogens is 367 g/mol. The molecule has 2 aromatic rings. The molecule has 3 aliphatic rings. The van der Waals surface area contributed by atoms with E-state index in [1.165, 1.54) is 12.1 Å². The van der Waals surface area contributed by atoms with E-state index < -0.39 is 0 Å². The highest BCUT2D eigenvalue weighted by Gasteiger charge is 2.50. The molecule has 4 nitrogen and oxygen atoms in total. The average Bonchev–Trinajstić information content (AvgIpc) is 3.49. The van der Waals surface area contributed by atoms with Crippen molar-refractivity contribution in [3.63, 3.8) is 0 Å². The smallest absolute Gasteiger partial charge is 0.255 e. The second-order valence-electron chi connectivity index (χ2n) is 7.40. The van der Waals surface area contributed by atoms with Gasteiger partial charge in [-0.25, -0.2) is 4.39 Å². The summed E-state index contributed by atoms with van der Waals surface area (Å²) in [5.74, 6) is 0.806. The summed E-state index contributed by atoms with van der Waals surface area (Å²) in [6.45, 7) is 0. The van der Waals surface area contributed by atoms with Crippen LogP contribution in [0.4, 0.5) is 4.39 Å². The third-order valence-corrected chi connectivity index (χ3v) is 5.67. The van der Waals surface area contributed by atoms with Crippen LogP contribution < -0.4 is 5.32 Å². The highest BCUT2D eigenvalue weighted by atomic mass is 19.1. The number of rotatable bonds is 4. The Bertz CT molecular complexity index is 1160. The summed E-state index contributed by atoms with van der Waals surface area (Å²) in [5, 5.41) is 2.70. The molecule has 0 radical (unpaired) electrons. The molecule has 2 aliphatic carbocycles. The van der Waals surface area contributed by atoms with Crippen LogP contribution in [-0.2, 0) is 5.41 Å². The van der Waals surface area contributed by atoms with Gasteiger partial charge in [-0.3, -0.25) is 9.78 Å². The summed E-state index contributed by atoms with van der Waals surface area (Å²) < 4.78 is 19.7. The van der Waals surface area contributed by atoms with Crippen molar-refractivity contribution in [2.75, 3.05) is 7.05 Å². The number of benzene rings is 1. The number of hydrogen-bond donors (Lipinski definition) is 1. The standard InChI is InChI=1S/C24H19FN2O2/c1-26-23(28)21-18(15-5-8-17(25)9-6-15)14-16-7-10-20(29-22(16)21)24(11-12-24)19-4-2-3-13-27-19/h2-10,13-14H,11-12H2,1H3,(H,26,28). The Balaban J connectivity index is 1.69. The summed E-state index contributed by atoms with van der Waals surface area (Å²) in [4.78, 5) is 17.3. The topological polar surface area (TPSA) is 55.1 Å². The number of hydrogen-bond acceptors (Lipinski definition) is 3. The molecule has 0 bridgehead atoms. The van der Waals surface area contributed by atoms with Crippen LogP contribution in [0, 0.1) is 5.82 Å². The SMILES string of the molecule is CNC(=O)c1c(-c2ccc(F)cc2)cc2ccc(C3(c4ccccn4)CC3)oc1-2. The Morgan fingerprint density at radius 3 is 2.48 bits per heavy atom. The monoisotopic (exact) mass is 386 g/mol. The zero-order valence-electron chi connectivity index (χ0n) is 15.9. The molecule has 2 heterocycles. The Morgan fingerprint density at radius 1 is 1.07 bits per heavy atom. The Labute approximate surface area is 167 Å². The van der Waals surface area contributed by atoms with Crippen LogP contribution in [0.25, 0.3) is 22.5 Å². The Morgan fingerprint density at radius 2 is 1.83 bits per heavy atom. The number of pyridine rings is 1. The number of carbonyl (C=O) groups excluding carboxylic acids is 1. The first-order chi connectivity index (χ1) is 14.1. The van der Waals surface area contributed by atoms with Gasteiger partial charge in [0.1, 0.15) is 17.3 Å². The second-order valence-corrected chi connectivity index (χ2v) is 7.40. The van der Waals surface area contributed by atoms with E-state index in [0.717, 1.165) is 41.0 Å². The Hall–Kier alpha value is -3.47. The fraction of sp³-hybridized carbons (Fsp3) is 0.167. The molecule has 0 unspecified atom stereocenters. The van der Waals surface area contributed by atoms with E-state index in [-0.39, 0.29) is 17.1 Å². The lowest BCUT2D eigenvalue weighted by Crippen LogP contribution is -2.19. The predicted molar refractivity (Wildman–Crippen MR) is 108 cm³/mol. The first-order valence-electron chi connectivity index (χ1n) is 9.59. The van der Waals surface area contributed by atoms with Crippen molar-refractivity contribution in [2.24, 2.45) is 0 Å². The van der Waals surface area contributed by atoms with Crippen molar-refractivity contribution < 1.29 is 13.6 Å². The summed E-state index contributed by atoms with van der Waals surface area (Å²) >= 11 is 0. The molecule has 1 saturated carbocycles. The van der Waals surface area contributed by atoms with Crippen LogP contribution >= 0.6 is 0 Å². The van der Waals surface area contributed by atoms with Gasteiger partial charge in [-0.05, 0) is 66.4 Å². The largest absolute Gasteiger partial charge is 0.459 e. The van der Waals surface area contributed by atoms with Crippen molar-refractivity contribution in [1.29, 1.82) is 0 Å². The quantitative estimate of drug-likeness (QED) is 0.535. The van der Waals surface area contributed by atoms with Crippen molar-refractivity contribution >= 4 is 5.91 Å². The molecule has 1 fully saturated rings. The second kappa shape index (κ2) is 6.55. The highest BCUT2D eigenvalue weighted by molar-refractivity contribution is 6.08. The molecular formula is C24H19FN2O2.